The number of nitrogens with one attached hydrogen (secondary N) is 2. The number of nitrogens with zero attached hydrogens (tertiary/aromatic N) is 4. The first kappa shape index (κ1) is 29.2. The lowest BCUT2D eigenvalue weighted by Gasteiger charge is -2.17. The van der Waals surface area contributed by atoms with Crippen molar-refractivity contribution in [3.8, 4) is 0 Å². The summed E-state index contributed by atoms with van der Waals surface area (Å²) in [5.41, 5.74) is 4.62. The molecule has 11 heteroatoms. The fourth-order valence-electron chi connectivity index (χ4n) is 5.72. The summed E-state index contributed by atoms with van der Waals surface area (Å²) in [7, 11) is -1.19. The van der Waals surface area contributed by atoms with Crippen LogP contribution in [-0.4, -0.2) is 65.4 Å². The van der Waals surface area contributed by atoms with Crippen molar-refractivity contribution in [1.82, 2.24) is 24.6 Å². The number of rotatable bonds is 13. The van der Waals surface area contributed by atoms with E-state index in [0.29, 0.717) is 17.4 Å². The van der Waals surface area contributed by atoms with E-state index < -0.39 is 10.1 Å². The minimum atomic E-state index is -3.35. The lowest BCUT2D eigenvalue weighted by Crippen LogP contribution is -2.17. The molecule has 1 amide bonds. The molecule has 1 saturated heterocycles. The van der Waals surface area contributed by atoms with Gasteiger partial charge in [-0.3, -0.25) is 18.6 Å². The average Bonchev–Trinajstić information content (AvgIpc) is 3.63. The molecule has 1 aromatic carbocycles. The maximum atomic E-state index is 13.2. The minimum Gasteiger partial charge on any atom is -0.357 e. The summed E-state index contributed by atoms with van der Waals surface area (Å²) in [6.07, 6.45) is 11.1. The standard InChI is InChI=1S/C30H40N6O4S/c1-21-24-13-12-22(18-28(24)36(34-21)15-8-6-4-5-7-9-16-40-41(3,38)39)30(37)33-29-19-25-23(20-31-29)17-26(32-25)27-11-10-14-35(27)2/h12-13,17-20,27,32H,4-11,14-16H2,1-3H3,(H,31,33,37)/t27-/m1/s1. The Bertz CT molecular complexity index is 1630. The molecule has 4 aromatic rings. The highest BCUT2D eigenvalue weighted by atomic mass is 32.2. The highest BCUT2D eigenvalue weighted by molar-refractivity contribution is 7.85. The van der Waals surface area contributed by atoms with Gasteiger partial charge < -0.3 is 10.3 Å². The van der Waals surface area contributed by atoms with Crippen molar-refractivity contribution in [2.45, 2.75) is 70.9 Å². The van der Waals surface area contributed by atoms with Gasteiger partial charge in [-0.1, -0.05) is 31.7 Å². The molecule has 0 aliphatic carbocycles. The van der Waals surface area contributed by atoms with E-state index in [0.717, 1.165) is 91.8 Å². The van der Waals surface area contributed by atoms with Gasteiger partial charge in [-0.05, 0) is 64.4 Å². The number of carbonyl (C=O) groups excluding carboxylic acids is 1. The predicted octanol–water partition coefficient (Wildman–Crippen LogP) is 5.56. The van der Waals surface area contributed by atoms with Gasteiger partial charge in [0.2, 0.25) is 0 Å². The van der Waals surface area contributed by atoms with Crippen molar-refractivity contribution < 1.29 is 17.4 Å². The smallest absolute Gasteiger partial charge is 0.264 e. The molecule has 0 radical (unpaired) electrons. The number of H-pyrrole nitrogens is 1. The molecular weight excluding hydrogens is 540 g/mol. The summed E-state index contributed by atoms with van der Waals surface area (Å²) in [4.78, 5) is 23.6. The Morgan fingerprint density at radius 2 is 1.90 bits per heavy atom. The molecule has 2 N–H and O–H groups in total. The summed E-state index contributed by atoms with van der Waals surface area (Å²) in [6.45, 7) is 4.12. The second-order valence-electron chi connectivity index (χ2n) is 11.2. The Morgan fingerprint density at radius 3 is 2.66 bits per heavy atom. The minimum absolute atomic E-state index is 0.202. The van der Waals surface area contributed by atoms with Crippen LogP contribution >= 0.6 is 0 Å². The number of fused-ring (bicyclic) bond motifs is 2. The maximum absolute atomic E-state index is 13.2. The fraction of sp³-hybridized carbons (Fsp3) is 0.500. The molecule has 41 heavy (non-hydrogen) atoms. The summed E-state index contributed by atoms with van der Waals surface area (Å²) in [5, 5.41) is 9.77. The van der Waals surface area contributed by atoms with Gasteiger partial charge in [0.15, 0.2) is 0 Å². The predicted molar refractivity (Wildman–Crippen MR) is 162 cm³/mol. The Balaban J connectivity index is 1.17. The first-order valence-electron chi connectivity index (χ1n) is 14.5. The first-order valence-corrected chi connectivity index (χ1v) is 16.3. The summed E-state index contributed by atoms with van der Waals surface area (Å²) < 4.78 is 28.8. The van der Waals surface area contributed by atoms with Gasteiger partial charge in [0.25, 0.3) is 16.0 Å². The number of aromatic nitrogens is 4. The fourth-order valence-corrected chi connectivity index (χ4v) is 6.14. The Hall–Kier alpha value is -3.28. The van der Waals surface area contributed by atoms with Crippen LogP contribution in [0.1, 0.15) is 79.2 Å². The summed E-state index contributed by atoms with van der Waals surface area (Å²) in [5.74, 6) is 0.314. The van der Waals surface area contributed by atoms with Gasteiger partial charge in [-0.15, -0.1) is 0 Å². The van der Waals surface area contributed by atoms with Crippen molar-refractivity contribution in [1.29, 1.82) is 0 Å². The number of aryl methyl sites for hydroxylation is 2. The number of pyridine rings is 1. The highest BCUT2D eigenvalue weighted by Gasteiger charge is 2.24. The van der Waals surface area contributed by atoms with Crippen LogP contribution in [0.15, 0.2) is 36.5 Å². The zero-order valence-electron chi connectivity index (χ0n) is 24.1. The summed E-state index contributed by atoms with van der Waals surface area (Å²) in [6, 6.07) is 10.2. The van der Waals surface area contributed by atoms with Crippen LogP contribution in [0.2, 0.25) is 0 Å². The second kappa shape index (κ2) is 12.7. The Labute approximate surface area is 241 Å². The van der Waals surface area contributed by atoms with Gasteiger partial charge in [-0.2, -0.15) is 13.5 Å². The quantitative estimate of drug-likeness (QED) is 0.157. The molecule has 1 atom stereocenters. The van der Waals surface area contributed by atoms with Crippen LogP contribution in [0.5, 0.6) is 0 Å². The van der Waals surface area contributed by atoms with E-state index in [9.17, 15) is 13.2 Å². The number of aromatic amines is 1. The third-order valence-corrected chi connectivity index (χ3v) is 8.50. The van der Waals surface area contributed by atoms with Gasteiger partial charge in [-0.25, -0.2) is 4.98 Å². The molecule has 0 bridgehead atoms. The second-order valence-corrected chi connectivity index (χ2v) is 12.8. The van der Waals surface area contributed by atoms with E-state index in [1.165, 1.54) is 12.1 Å². The van der Waals surface area contributed by atoms with Crippen molar-refractivity contribution in [3.05, 3.63) is 53.5 Å². The molecule has 0 spiro atoms. The molecular formula is C30H40N6O4S. The molecule has 0 saturated carbocycles. The largest absolute Gasteiger partial charge is 0.357 e. The van der Waals surface area contributed by atoms with Crippen LogP contribution in [0.25, 0.3) is 21.8 Å². The number of unbranched alkanes of at least 4 members (excludes halogenated alkanes) is 5. The Kier molecular flexibility index (Phi) is 9.06. The van der Waals surface area contributed by atoms with Crippen molar-refractivity contribution >= 4 is 43.6 Å². The van der Waals surface area contributed by atoms with E-state index in [2.05, 4.69) is 33.3 Å². The first-order chi connectivity index (χ1) is 19.7. The number of anilines is 1. The van der Waals surface area contributed by atoms with Crippen LogP contribution in [0, 0.1) is 6.92 Å². The van der Waals surface area contributed by atoms with Crippen LogP contribution < -0.4 is 5.32 Å². The molecule has 1 aliphatic rings. The monoisotopic (exact) mass is 580 g/mol. The van der Waals surface area contributed by atoms with Crippen molar-refractivity contribution in [3.63, 3.8) is 0 Å². The van der Waals surface area contributed by atoms with E-state index >= 15 is 0 Å². The lowest BCUT2D eigenvalue weighted by molar-refractivity contribution is 0.102. The normalized spacial score (nSPS) is 16.2. The topological polar surface area (TPSA) is 122 Å². The SMILES string of the molecule is Cc1nn(CCCCCCCCOS(C)(=O)=O)c2cc(C(=O)Nc3cc4[nH]c([C@H]5CCCN5C)cc4cn3)ccc12. The molecule has 1 aliphatic heterocycles. The molecule has 5 rings (SSSR count). The average molecular weight is 581 g/mol. The molecule has 220 valence electrons. The highest BCUT2D eigenvalue weighted by Crippen LogP contribution is 2.32. The van der Waals surface area contributed by atoms with Crippen LogP contribution in [0.3, 0.4) is 0 Å². The van der Waals surface area contributed by atoms with Gasteiger partial charge in [0.1, 0.15) is 5.82 Å². The molecule has 0 unspecified atom stereocenters. The van der Waals surface area contributed by atoms with Crippen molar-refractivity contribution in [2.24, 2.45) is 0 Å². The molecule has 3 aromatic heterocycles. The molecule has 1 fully saturated rings. The number of carbonyl (C=O) groups is 1. The number of hydrogen-bond acceptors (Lipinski definition) is 7. The van der Waals surface area contributed by atoms with E-state index in [1.807, 2.05) is 42.1 Å². The number of amides is 1. The molecule has 10 nitrogen and oxygen atoms in total. The third-order valence-electron chi connectivity index (χ3n) is 7.91. The Morgan fingerprint density at radius 1 is 1.12 bits per heavy atom. The van der Waals surface area contributed by atoms with Gasteiger partial charge >= 0.3 is 0 Å². The van der Waals surface area contributed by atoms with E-state index in [-0.39, 0.29) is 12.5 Å². The zero-order valence-corrected chi connectivity index (χ0v) is 25.0. The van der Waals surface area contributed by atoms with Gasteiger partial charge in [0, 0.05) is 46.9 Å². The molecule has 4 heterocycles. The number of likely N-dealkylation sites (tertiary alicyclic amines) is 1. The zero-order chi connectivity index (χ0) is 29.0. The van der Waals surface area contributed by atoms with E-state index in [4.69, 9.17) is 9.28 Å². The van der Waals surface area contributed by atoms with Crippen LogP contribution in [0.4, 0.5) is 5.82 Å². The van der Waals surface area contributed by atoms with Crippen molar-refractivity contribution in [2.75, 3.05) is 31.8 Å². The van der Waals surface area contributed by atoms with Crippen LogP contribution in [-0.2, 0) is 20.8 Å². The van der Waals surface area contributed by atoms with Gasteiger partial charge in [0.05, 0.1) is 29.6 Å². The maximum Gasteiger partial charge on any atom is 0.264 e. The number of benzene rings is 1. The van der Waals surface area contributed by atoms with E-state index in [1.54, 1.807) is 0 Å². The third kappa shape index (κ3) is 7.33. The lowest BCUT2D eigenvalue weighted by atomic mass is 10.1. The number of hydrogen-bond donors (Lipinski definition) is 2. The summed E-state index contributed by atoms with van der Waals surface area (Å²) >= 11 is 0.